The van der Waals surface area contributed by atoms with Crippen molar-refractivity contribution in [2.75, 3.05) is 0 Å². The number of hydrogen-bond donors (Lipinski definition) is 1. The topological polar surface area (TPSA) is 80.4 Å². The zero-order valence-electron chi connectivity index (χ0n) is 9.30. The van der Waals surface area contributed by atoms with Gasteiger partial charge in [0, 0.05) is 11.6 Å². The molecule has 84 valence electrons. The second-order valence-corrected chi connectivity index (χ2v) is 3.95. The fraction of sp³-hybridized carbons (Fsp3) is 0.400. The molecule has 16 heavy (non-hydrogen) atoms. The first-order valence-corrected chi connectivity index (χ1v) is 4.97. The molecule has 2 rings (SSSR count). The Hall–Kier alpha value is -1.98. The molecular formula is C10H12N4O2. The molecule has 0 saturated heterocycles. The van der Waals surface area contributed by atoms with Crippen LogP contribution >= 0.6 is 0 Å². The summed E-state index contributed by atoms with van der Waals surface area (Å²) in [6, 6.07) is 1.48. The zero-order valence-corrected chi connectivity index (χ0v) is 9.30. The van der Waals surface area contributed by atoms with Gasteiger partial charge in [0.1, 0.15) is 5.69 Å². The summed E-state index contributed by atoms with van der Waals surface area (Å²) < 4.78 is 1.27. The van der Waals surface area contributed by atoms with E-state index in [9.17, 15) is 4.79 Å². The number of carboxylic acids is 1. The average Bonchev–Trinajstić information content (AvgIpc) is 2.59. The molecular weight excluding hydrogens is 208 g/mol. The standard InChI is InChI=1S/C10H12N4O2/c1-5(2)8-9-11-6(3)4-7(10(15)16)14(9)13-12-8/h4-5H,1-3H3,(H,15,16). The third-order valence-electron chi connectivity index (χ3n) is 2.29. The predicted molar refractivity (Wildman–Crippen MR) is 56.6 cm³/mol. The maximum absolute atomic E-state index is 11.0. The van der Waals surface area contributed by atoms with Crippen molar-refractivity contribution in [1.29, 1.82) is 0 Å². The van der Waals surface area contributed by atoms with E-state index in [0.717, 1.165) is 0 Å². The molecule has 0 aliphatic rings. The minimum atomic E-state index is -1.03. The molecule has 0 saturated carbocycles. The second kappa shape index (κ2) is 3.55. The van der Waals surface area contributed by atoms with Gasteiger partial charge in [0.25, 0.3) is 0 Å². The van der Waals surface area contributed by atoms with E-state index in [1.807, 2.05) is 13.8 Å². The minimum absolute atomic E-state index is 0.0851. The Morgan fingerprint density at radius 1 is 1.50 bits per heavy atom. The van der Waals surface area contributed by atoms with Gasteiger partial charge < -0.3 is 5.11 Å². The summed E-state index contributed by atoms with van der Waals surface area (Å²) in [5, 5.41) is 16.8. The van der Waals surface area contributed by atoms with Crippen molar-refractivity contribution in [1.82, 2.24) is 19.8 Å². The third-order valence-corrected chi connectivity index (χ3v) is 2.29. The highest BCUT2D eigenvalue weighted by Gasteiger charge is 2.17. The molecule has 0 unspecified atom stereocenters. The predicted octanol–water partition coefficient (Wildman–Crippen LogP) is 1.25. The van der Waals surface area contributed by atoms with E-state index in [2.05, 4.69) is 15.3 Å². The molecule has 2 aromatic heterocycles. The summed E-state index contributed by atoms with van der Waals surface area (Å²) in [6.07, 6.45) is 0. The summed E-state index contributed by atoms with van der Waals surface area (Å²) in [5.41, 5.74) is 1.97. The van der Waals surface area contributed by atoms with Gasteiger partial charge >= 0.3 is 5.97 Å². The highest BCUT2D eigenvalue weighted by Crippen LogP contribution is 2.17. The lowest BCUT2D eigenvalue weighted by molar-refractivity contribution is 0.0686. The molecule has 2 heterocycles. The Kier molecular flexibility index (Phi) is 2.34. The summed E-state index contributed by atoms with van der Waals surface area (Å²) in [5.74, 6) is -0.871. The Bertz CT molecular complexity index is 559. The SMILES string of the molecule is Cc1cc(C(=O)O)n2nnc(C(C)C)c2n1. The van der Waals surface area contributed by atoms with Crippen LogP contribution in [0.1, 0.15) is 41.6 Å². The van der Waals surface area contributed by atoms with Gasteiger partial charge in [0.05, 0.1) is 0 Å². The normalized spacial score (nSPS) is 11.2. The molecule has 0 atom stereocenters. The molecule has 2 aromatic rings. The lowest BCUT2D eigenvalue weighted by Crippen LogP contribution is -2.08. The maximum atomic E-state index is 11.0. The molecule has 0 amide bonds. The highest BCUT2D eigenvalue weighted by molar-refractivity contribution is 5.86. The van der Waals surface area contributed by atoms with Crippen LogP contribution in [0.5, 0.6) is 0 Å². The molecule has 6 heteroatoms. The fourth-order valence-electron chi connectivity index (χ4n) is 1.54. The minimum Gasteiger partial charge on any atom is -0.477 e. The van der Waals surface area contributed by atoms with Gasteiger partial charge in [-0.15, -0.1) is 5.10 Å². The Morgan fingerprint density at radius 3 is 2.75 bits per heavy atom. The van der Waals surface area contributed by atoms with Gasteiger partial charge in [-0.25, -0.2) is 9.78 Å². The Balaban J connectivity index is 2.81. The zero-order chi connectivity index (χ0) is 11.9. The molecule has 0 fully saturated rings. The van der Waals surface area contributed by atoms with Crippen LogP contribution in [0.3, 0.4) is 0 Å². The molecule has 0 spiro atoms. The van der Waals surface area contributed by atoms with Crippen molar-refractivity contribution < 1.29 is 9.90 Å². The molecule has 0 radical (unpaired) electrons. The van der Waals surface area contributed by atoms with Crippen LogP contribution in [0.4, 0.5) is 0 Å². The van der Waals surface area contributed by atoms with Crippen LogP contribution in [0.2, 0.25) is 0 Å². The molecule has 0 aliphatic carbocycles. The number of hydrogen-bond acceptors (Lipinski definition) is 4. The largest absolute Gasteiger partial charge is 0.477 e. The van der Waals surface area contributed by atoms with Crippen LogP contribution in [-0.2, 0) is 0 Å². The number of fused-ring (bicyclic) bond motifs is 1. The number of nitrogens with zero attached hydrogens (tertiary/aromatic N) is 4. The van der Waals surface area contributed by atoms with Crippen LogP contribution in [0, 0.1) is 6.92 Å². The van der Waals surface area contributed by atoms with Gasteiger partial charge in [-0.05, 0) is 13.0 Å². The molecule has 6 nitrogen and oxygen atoms in total. The smallest absolute Gasteiger partial charge is 0.354 e. The summed E-state index contributed by atoms with van der Waals surface area (Å²) in [4.78, 5) is 15.3. The van der Waals surface area contributed by atoms with Crippen molar-refractivity contribution in [3.8, 4) is 0 Å². The maximum Gasteiger partial charge on any atom is 0.354 e. The lowest BCUT2D eigenvalue weighted by Gasteiger charge is -2.02. The van der Waals surface area contributed by atoms with Crippen LogP contribution in [-0.4, -0.2) is 30.9 Å². The van der Waals surface area contributed by atoms with Gasteiger partial charge in [0.15, 0.2) is 11.3 Å². The van der Waals surface area contributed by atoms with Crippen molar-refractivity contribution in [2.45, 2.75) is 26.7 Å². The van der Waals surface area contributed by atoms with E-state index in [1.165, 1.54) is 10.6 Å². The van der Waals surface area contributed by atoms with Crippen molar-refractivity contribution in [3.05, 3.63) is 23.1 Å². The van der Waals surface area contributed by atoms with Crippen molar-refractivity contribution >= 4 is 11.6 Å². The number of aromatic nitrogens is 4. The van der Waals surface area contributed by atoms with Gasteiger partial charge in [-0.3, -0.25) is 0 Å². The van der Waals surface area contributed by atoms with E-state index in [0.29, 0.717) is 17.0 Å². The van der Waals surface area contributed by atoms with E-state index in [1.54, 1.807) is 6.92 Å². The first kappa shape index (κ1) is 10.5. The van der Waals surface area contributed by atoms with Crippen LogP contribution in [0.15, 0.2) is 6.07 Å². The van der Waals surface area contributed by atoms with E-state index >= 15 is 0 Å². The van der Waals surface area contributed by atoms with Crippen LogP contribution < -0.4 is 0 Å². The average molecular weight is 220 g/mol. The second-order valence-electron chi connectivity index (χ2n) is 3.95. The highest BCUT2D eigenvalue weighted by atomic mass is 16.4. The fourth-order valence-corrected chi connectivity index (χ4v) is 1.54. The van der Waals surface area contributed by atoms with Crippen LogP contribution in [0.25, 0.3) is 5.65 Å². The van der Waals surface area contributed by atoms with Crippen molar-refractivity contribution in [2.24, 2.45) is 0 Å². The van der Waals surface area contributed by atoms with Gasteiger partial charge in [-0.1, -0.05) is 19.1 Å². The third kappa shape index (κ3) is 1.52. The molecule has 0 aromatic carbocycles. The number of aromatic carboxylic acids is 1. The number of aryl methyl sites for hydroxylation is 1. The summed E-state index contributed by atoms with van der Waals surface area (Å²) in [7, 11) is 0. The number of carbonyl (C=O) groups is 1. The Labute approximate surface area is 91.9 Å². The molecule has 1 N–H and O–H groups in total. The first-order valence-electron chi connectivity index (χ1n) is 4.97. The monoisotopic (exact) mass is 220 g/mol. The van der Waals surface area contributed by atoms with E-state index in [4.69, 9.17) is 5.11 Å². The molecule has 0 bridgehead atoms. The van der Waals surface area contributed by atoms with E-state index in [-0.39, 0.29) is 11.6 Å². The first-order chi connectivity index (χ1) is 7.50. The van der Waals surface area contributed by atoms with Gasteiger partial charge in [-0.2, -0.15) is 4.52 Å². The van der Waals surface area contributed by atoms with Crippen molar-refractivity contribution in [3.63, 3.8) is 0 Å². The Morgan fingerprint density at radius 2 is 2.19 bits per heavy atom. The lowest BCUT2D eigenvalue weighted by atomic mass is 10.1. The van der Waals surface area contributed by atoms with E-state index < -0.39 is 5.97 Å². The van der Waals surface area contributed by atoms with Gasteiger partial charge in [0.2, 0.25) is 0 Å². The summed E-state index contributed by atoms with van der Waals surface area (Å²) >= 11 is 0. The quantitative estimate of drug-likeness (QED) is 0.823. The summed E-state index contributed by atoms with van der Waals surface area (Å²) in [6.45, 7) is 5.69. The number of rotatable bonds is 2. The molecule has 0 aliphatic heterocycles. The number of carboxylic acid groups (broad SMARTS) is 1.